The van der Waals surface area contributed by atoms with Gasteiger partial charge in [0.1, 0.15) is 0 Å². The van der Waals surface area contributed by atoms with Gasteiger partial charge in [-0.3, -0.25) is 0 Å². The molecule has 3 rings (SSSR count). The summed E-state index contributed by atoms with van der Waals surface area (Å²) >= 11 is 0. The molecule has 1 heterocycles. The molecular formula is C18H22N2. The van der Waals surface area contributed by atoms with Gasteiger partial charge in [-0.1, -0.05) is 30.3 Å². The fourth-order valence-corrected chi connectivity index (χ4v) is 3.01. The first-order valence-electron chi connectivity index (χ1n) is 7.42. The topological polar surface area (TPSA) is 29.3 Å². The van der Waals surface area contributed by atoms with Gasteiger partial charge in [0.15, 0.2) is 0 Å². The molecule has 1 aliphatic heterocycles. The second kappa shape index (κ2) is 5.58. The Morgan fingerprint density at radius 1 is 1.05 bits per heavy atom. The molecule has 0 bridgehead atoms. The van der Waals surface area contributed by atoms with Crippen molar-refractivity contribution in [2.24, 2.45) is 0 Å². The van der Waals surface area contributed by atoms with Crippen molar-refractivity contribution in [3.8, 4) is 0 Å². The van der Waals surface area contributed by atoms with Crippen LogP contribution in [0.3, 0.4) is 0 Å². The zero-order valence-corrected chi connectivity index (χ0v) is 12.1. The summed E-state index contributed by atoms with van der Waals surface area (Å²) < 4.78 is 0. The molecule has 2 aromatic carbocycles. The summed E-state index contributed by atoms with van der Waals surface area (Å²) in [7, 11) is 0. The average molecular weight is 266 g/mol. The molecule has 0 radical (unpaired) electrons. The van der Waals surface area contributed by atoms with Crippen LogP contribution in [0.5, 0.6) is 0 Å². The Balaban J connectivity index is 1.92. The Morgan fingerprint density at radius 3 is 2.80 bits per heavy atom. The first kappa shape index (κ1) is 13.0. The van der Waals surface area contributed by atoms with E-state index in [2.05, 4.69) is 48.2 Å². The third-order valence-corrected chi connectivity index (χ3v) is 4.31. The van der Waals surface area contributed by atoms with E-state index >= 15 is 0 Å². The normalized spacial score (nSPS) is 14.8. The monoisotopic (exact) mass is 266 g/mol. The zero-order valence-electron chi connectivity index (χ0n) is 12.1. The molecule has 0 amide bonds. The summed E-state index contributed by atoms with van der Waals surface area (Å²) in [6, 6.07) is 15.0. The Morgan fingerprint density at radius 2 is 1.90 bits per heavy atom. The maximum absolute atomic E-state index is 6.03. The van der Waals surface area contributed by atoms with E-state index in [0.717, 1.165) is 18.8 Å². The number of anilines is 2. The van der Waals surface area contributed by atoms with Gasteiger partial charge in [-0.15, -0.1) is 0 Å². The van der Waals surface area contributed by atoms with Gasteiger partial charge < -0.3 is 10.6 Å². The lowest BCUT2D eigenvalue weighted by molar-refractivity contribution is 0.713. The molecule has 2 heteroatoms. The molecule has 2 N–H and O–H groups in total. The molecule has 0 unspecified atom stereocenters. The number of nitrogens with zero attached hydrogens (tertiary/aromatic N) is 1. The maximum atomic E-state index is 6.03. The summed E-state index contributed by atoms with van der Waals surface area (Å²) in [6.45, 7) is 4.20. The molecule has 20 heavy (non-hydrogen) atoms. The molecule has 0 saturated heterocycles. The molecule has 0 aromatic heterocycles. The van der Waals surface area contributed by atoms with Crippen LogP contribution in [0.1, 0.15) is 29.5 Å². The van der Waals surface area contributed by atoms with Crippen LogP contribution in [0.2, 0.25) is 0 Å². The predicted molar refractivity (Wildman–Crippen MR) is 86.0 cm³/mol. The van der Waals surface area contributed by atoms with Crippen LogP contribution >= 0.6 is 0 Å². The van der Waals surface area contributed by atoms with Crippen molar-refractivity contribution in [1.29, 1.82) is 0 Å². The molecule has 0 fully saturated rings. The van der Waals surface area contributed by atoms with Gasteiger partial charge in [-0.25, -0.2) is 0 Å². The largest absolute Gasteiger partial charge is 0.399 e. The summed E-state index contributed by atoms with van der Waals surface area (Å²) in [6.07, 6.45) is 3.74. The highest BCUT2D eigenvalue weighted by molar-refractivity contribution is 5.56. The summed E-state index contributed by atoms with van der Waals surface area (Å²) in [4.78, 5) is 2.50. The highest BCUT2D eigenvalue weighted by Crippen LogP contribution is 2.28. The fraction of sp³-hybridized carbons (Fsp3) is 0.333. The van der Waals surface area contributed by atoms with E-state index in [0.29, 0.717) is 0 Å². The molecule has 0 saturated carbocycles. The number of hydrogen-bond acceptors (Lipinski definition) is 2. The Labute approximate surface area is 121 Å². The van der Waals surface area contributed by atoms with Crippen molar-refractivity contribution < 1.29 is 0 Å². The molecule has 0 aliphatic carbocycles. The first-order chi connectivity index (χ1) is 9.75. The number of nitrogen functional groups attached to an aromatic ring is 1. The minimum atomic E-state index is 0.894. The Hall–Kier alpha value is -1.96. The lowest BCUT2D eigenvalue weighted by atomic mass is 10.1. The maximum Gasteiger partial charge on any atom is 0.0432 e. The smallest absolute Gasteiger partial charge is 0.0432 e. The average Bonchev–Trinajstić information content (AvgIpc) is 2.67. The van der Waals surface area contributed by atoms with Crippen LogP contribution in [0, 0.1) is 6.92 Å². The van der Waals surface area contributed by atoms with Crippen molar-refractivity contribution in [2.75, 3.05) is 17.2 Å². The van der Waals surface area contributed by atoms with Gasteiger partial charge in [-0.2, -0.15) is 0 Å². The number of para-hydroxylation sites is 1. The van der Waals surface area contributed by atoms with Crippen LogP contribution < -0.4 is 10.6 Å². The highest BCUT2D eigenvalue weighted by Gasteiger charge is 2.15. The number of benzene rings is 2. The number of nitrogens with two attached hydrogens (primary N) is 1. The van der Waals surface area contributed by atoms with Crippen molar-refractivity contribution in [2.45, 2.75) is 32.7 Å². The van der Waals surface area contributed by atoms with Gasteiger partial charge in [-0.05, 0) is 55.0 Å². The molecule has 1 aliphatic rings. The van der Waals surface area contributed by atoms with Crippen LogP contribution in [0.25, 0.3) is 0 Å². The van der Waals surface area contributed by atoms with E-state index in [-0.39, 0.29) is 0 Å². The SMILES string of the molecule is Cc1c(N)cccc1CN1CCCCc2ccccc21. The van der Waals surface area contributed by atoms with Crippen molar-refractivity contribution in [3.63, 3.8) is 0 Å². The van der Waals surface area contributed by atoms with Crippen LogP contribution in [-0.4, -0.2) is 6.54 Å². The first-order valence-corrected chi connectivity index (χ1v) is 7.42. The van der Waals surface area contributed by atoms with E-state index in [9.17, 15) is 0 Å². The van der Waals surface area contributed by atoms with Gasteiger partial charge in [0.2, 0.25) is 0 Å². The zero-order chi connectivity index (χ0) is 13.9. The third kappa shape index (κ3) is 2.51. The summed E-state index contributed by atoms with van der Waals surface area (Å²) in [5.74, 6) is 0. The summed E-state index contributed by atoms with van der Waals surface area (Å²) in [5, 5.41) is 0. The van der Waals surface area contributed by atoms with Crippen molar-refractivity contribution in [3.05, 3.63) is 59.2 Å². The minimum Gasteiger partial charge on any atom is -0.399 e. The van der Waals surface area contributed by atoms with E-state index in [1.54, 1.807) is 0 Å². The highest BCUT2D eigenvalue weighted by atomic mass is 15.1. The van der Waals surface area contributed by atoms with Crippen LogP contribution in [0.15, 0.2) is 42.5 Å². The quantitative estimate of drug-likeness (QED) is 0.835. The number of fused-ring (bicyclic) bond motifs is 1. The van der Waals surface area contributed by atoms with E-state index in [1.807, 2.05) is 6.07 Å². The molecule has 104 valence electrons. The predicted octanol–water partition coefficient (Wildman–Crippen LogP) is 3.92. The van der Waals surface area contributed by atoms with Gasteiger partial charge in [0.25, 0.3) is 0 Å². The fourth-order valence-electron chi connectivity index (χ4n) is 3.01. The molecule has 0 atom stereocenters. The van der Waals surface area contributed by atoms with Crippen LogP contribution in [-0.2, 0) is 13.0 Å². The van der Waals surface area contributed by atoms with E-state index < -0.39 is 0 Å². The van der Waals surface area contributed by atoms with E-state index in [1.165, 1.54) is 41.6 Å². The third-order valence-electron chi connectivity index (χ3n) is 4.31. The van der Waals surface area contributed by atoms with Crippen molar-refractivity contribution >= 4 is 11.4 Å². The number of aryl methyl sites for hydroxylation is 1. The van der Waals surface area contributed by atoms with Gasteiger partial charge in [0.05, 0.1) is 0 Å². The molecule has 0 spiro atoms. The lowest BCUT2D eigenvalue weighted by Crippen LogP contribution is -2.24. The Bertz CT molecular complexity index is 604. The van der Waals surface area contributed by atoms with Gasteiger partial charge >= 0.3 is 0 Å². The number of rotatable bonds is 2. The second-order valence-electron chi connectivity index (χ2n) is 5.64. The molecule has 2 aromatic rings. The molecule has 2 nitrogen and oxygen atoms in total. The minimum absolute atomic E-state index is 0.894. The standard InChI is InChI=1S/C18H22N2/c1-14-16(9-6-10-17(14)19)13-20-12-5-4-8-15-7-2-3-11-18(15)20/h2-3,6-7,9-11H,4-5,8,12-13,19H2,1H3. The van der Waals surface area contributed by atoms with E-state index in [4.69, 9.17) is 5.73 Å². The Kier molecular flexibility index (Phi) is 3.64. The molecular weight excluding hydrogens is 244 g/mol. The number of hydrogen-bond donors (Lipinski definition) is 1. The van der Waals surface area contributed by atoms with Crippen LogP contribution in [0.4, 0.5) is 11.4 Å². The lowest BCUT2D eigenvalue weighted by Gasteiger charge is -2.26. The van der Waals surface area contributed by atoms with Crippen molar-refractivity contribution in [1.82, 2.24) is 0 Å². The van der Waals surface area contributed by atoms with Gasteiger partial charge in [0, 0.05) is 24.5 Å². The summed E-state index contributed by atoms with van der Waals surface area (Å²) in [5.41, 5.74) is 12.4. The second-order valence-corrected chi connectivity index (χ2v) is 5.64.